The van der Waals surface area contributed by atoms with Gasteiger partial charge in [-0.05, 0) is 25.2 Å². The monoisotopic (exact) mass is 204 g/mol. The zero-order valence-electron chi connectivity index (χ0n) is 7.81. The van der Waals surface area contributed by atoms with Crippen molar-refractivity contribution in [1.29, 1.82) is 0 Å². The molecular formula is C8H16N2O2S. The molecule has 0 aromatic heterocycles. The number of sulfonamides is 1. The van der Waals surface area contributed by atoms with E-state index in [0.717, 1.165) is 13.1 Å². The van der Waals surface area contributed by atoms with E-state index >= 15 is 0 Å². The number of rotatable bonds is 3. The average molecular weight is 204 g/mol. The highest BCUT2D eigenvalue weighted by atomic mass is 32.2. The fourth-order valence-electron chi connectivity index (χ4n) is 1.94. The van der Waals surface area contributed by atoms with Crippen LogP contribution < -0.4 is 5.73 Å². The van der Waals surface area contributed by atoms with E-state index in [9.17, 15) is 8.42 Å². The minimum atomic E-state index is -3.08. The molecule has 2 fully saturated rings. The van der Waals surface area contributed by atoms with E-state index in [0.29, 0.717) is 11.8 Å². The summed E-state index contributed by atoms with van der Waals surface area (Å²) in [7, 11) is -3.08. The summed E-state index contributed by atoms with van der Waals surface area (Å²) in [4.78, 5) is 0. The number of nitrogens with two attached hydrogens (primary N) is 1. The molecule has 0 radical (unpaired) electrons. The third-order valence-corrected chi connectivity index (χ3v) is 5.37. The molecule has 3 atom stereocenters. The molecule has 2 N–H and O–H groups in total. The largest absolute Gasteiger partial charge is 0.329 e. The van der Waals surface area contributed by atoms with E-state index in [1.54, 1.807) is 11.2 Å². The van der Waals surface area contributed by atoms with E-state index in [1.807, 2.05) is 0 Å². The Bertz CT molecular complexity index is 291. The van der Waals surface area contributed by atoms with Gasteiger partial charge in [-0.2, -0.15) is 0 Å². The predicted molar refractivity (Wildman–Crippen MR) is 50.6 cm³/mol. The van der Waals surface area contributed by atoms with Crippen LogP contribution in [0.3, 0.4) is 0 Å². The highest BCUT2D eigenvalue weighted by molar-refractivity contribution is 7.89. The number of nitrogens with zero attached hydrogens (tertiary/aromatic N) is 1. The molecule has 1 saturated heterocycles. The van der Waals surface area contributed by atoms with Gasteiger partial charge in [-0.25, -0.2) is 12.7 Å². The third kappa shape index (κ3) is 1.49. The Morgan fingerprint density at radius 1 is 1.46 bits per heavy atom. The van der Waals surface area contributed by atoms with Crippen LogP contribution in [0.15, 0.2) is 0 Å². The first-order valence-electron chi connectivity index (χ1n) is 4.74. The molecule has 5 heteroatoms. The SMILES string of the molecule is CC(CN)S(=O)(=O)N1CC2CC2C1. The summed E-state index contributed by atoms with van der Waals surface area (Å²) in [5.74, 6) is 1.31. The lowest BCUT2D eigenvalue weighted by Gasteiger charge is -2.21. The van der Waals surface area contributed by atoms with Gasteiger partial charge in [-0.1, -0.05) is 0 Å². The zero-order chi connectivity index (χ0) is 9.64. The van der Waals surface area contributed by atoms with Crippen LogP contribution in [0.2, 0.25) is 0 Å². The second-order valence-electron chi connectivity index (χ2n) is 4.16. The lowest BCUT2D eigenvalue weighted by atomic mass is 10.4. The Kier molecular flexibility index (Phi) is 2.13. The van der Waals surface area contributed by atoms with Gasteiger partial charge in [0.2, 0.25) is 10.0 Å². The topological polar surface area (TPSA) is 63.4 Å². The van der Waals surface area contributed by atoms with Gasteiger partial charge in [0.1, 0.15) is 0 Å². The minimum absolute atomic E-state index is 0.216. The minimum Gasteiger partial charge on any atom is -0.329 e. The molecule has 76 valence electrons. The summed E-state index contributed by atoms with van der Waals surface area (Å²) in [5.41, 5.74) is 5.37. The summed E-state index contributed by atoms with van der Waals surface area (Å²) in [5, 5.41) is -0.426. The summed E-state index contributed by atoms with van der Waals surface area (Å²) in [6.07, 6.45) is 1.23. The maximum Gasteiger partial charge on any atom is 0.217 e. The second-order valence-corrected chi connectivity index (χ2v) is 6.52. The Morgan fingerprint density at radius 2 is 2.00 bits per heavy atom. The molecule has 4 nitrogen and oxygen atoms in total. The highest BCUT2D eigenvalue weighted by Gasteiger charge is 2.49. The van der Waals surface area contributed by atoms with Crippen molar-refractivity contribution in [3.63, 3.8) is 0 Å². The molecule has 0 amide bonds. The van der Waals surface area contributed by atoms with Crippen molar-refractivity contribution < 1.29 is 8.42 Å². The molecule has 2 rings (SSSR count). The van der Waals surface area contributed by atoms with Gasteiger partial charge in [0.25, 0.3) is 0 Å². The molecule has 2 aliphatic rings. The quantitative estimate of drug-likeness (QED) is 0.681. The van der Waals surface area contributed by atoms with E-state index in [2.05, 4.69) is 0 Å². The first-order valence-corrected chi connectivity index (χ1v) is 6.25. The van der Waals surface area contributed by atoms with Gasteiger partial charge in [0.05, 0.1) is 5.25 Å². The second kappa shape index (κ2) is 2.93. The van der Waals surface area contributed by atoms with Gasteiger partial charge in [0.15, 0.2) is 0 Å². The van der Waals surface area contributed by atoms with Crippen LogP contribution in [0.4, 0.5) is 0 Å². The molecule has 1 aliphatic carbocycles. The molecule has 0 bridgehead atoms. The summed E-state index contributed by atoms with van der Waals surface area (Å²) in [6, 6.07) is 0. The van der Waals surface area contributed by atoms with E-state index in [4.69, 9.17) is 5.73 Å². The molecule has 0 spiro atoms. The molecule has 0 aromatic rings. The zero-order valence-corrected chi connectivity index (χ0v) is 8.63. The van der Waals surface area contributed by atoms with Crippen molar-refractivity contribution in [1.82, 2.24) is 4.31 Å². The van der Waals surface area contributed by atoms with E-state index in [1.165, 1.54) is 6.42 Å². The Labute approximate surface area is 79.1 Å². The van der Waals surface area contributed by atoms with Crippen molar-refractivity contribution in [2.45, 2.75) is 18.6 Å². The third-order valence-electron chi connectivity index (χ3n) is 3.15. The Hall–Kier alpha value is -0.130. The lowest BCUT2D eigenvalue weighted by Crippen LogP contribution is -2.40. The molecular weight excluding hydrogens is 188 g/mol. The molecule has 0 aromatic carbocycles. The van der Waals surface area contributed by atoms with Gasteiger partial charge in [0, 0.05) is 19.6 Å². The van der Waals surface area contributed by atoms with Crippen molar-refractivity contribution in [3.8, 4) is 0 Å². The van der Waals surface area contributed by atoms with Crippen molar-refractivity contribution in [2.24, 2.45) is 17.6 Å². The summed E-state index contributed by atoms with van der Waals surface area (Å²) >= 11 is 0. The van der Waals surface area contributed by atoms with Crippen LogP contribution in [0.1, 0.15) is 13.3 Å². The first kappa shape index (κ1) is 9.43. The van der Waals surface area contributed by atoms with Crippen molar-refractivity contribution in [3.05, 3.63) is 0 Å². The Balaban J connectivity index is 2.07. The molecule has 13 heavy (non-hydrogen) atoms. The fourth-order valence-corrected chi connectivity index (χ4v) is 3.49. The highest BCUT2D eigenvalue weighted by Crippen LogP contribution is 2.46. The van der Waals surface area contributed by atoms with Gasteiger partial charge in [-0.3, -0.25) is 0 Å². The lowest BCUT2D eigenvalue weighted by molar-refractivity contribution is 0.435. The smallest absolute Gasteiger partial charge is 0.217 e. The number of hydrogen-bond acceptors (Lipinski definition) is 3. The molecule has 3 unspecified atom stereocenters. The Morgan fingerprint density at radius 3 is 2.46 bits per heavy atom. The summed E-state index contributed by atoms with van der Waals surface area (Å²) < 4.78 is 25.2. The molecule has 1 heterocycles. The number of hydrogen-bond donors (Lipinski definition) is 1. The van der Waals surface area contributed by atoms with Crippen LogP contribution in [-0.2, 0) is 10.0 Å². The van der Waals surface area contributed by atoms with E-state index < -0.39 is 15.3 Å². The van der Waals surface area contributed by atoms with Crippen LogP contribution in [0.5, 0.6) is 0 Å². The first-order chi connectivity index (χ1) is 6.05. The van der Waals surface area contributed by atoms with Crippen molar-refractivity contribution in [2.75, 3.05) is 19.6 Å². The van der Waals surface area contributed by atoms with Gasteiger partial charge in [-0.15, -0.1) is 0 Å². The summed E-state index contributed by atoms with van der Waals surface area (Å²) in [6.45, 7) is 3.36. The van der Waals surface area contributed by atoms with Crippen LogP contribution in [0, 0.1) is 11.8 Å². The van der Waals surface area contributed by atoms with Crippen LogP contribution in [0.25, 0.3) is 0 Å². The van der Waals surface area contributed by atoms with Gasteiger partial charge < -0.3 is 5.73 Å². The number of piperidine rings is 1. The number of fused-ring (bicyclic) bond motifs is 1. The maximum absolute atomic E-state index is 11.8. The van der Waals surface area contributed by atoms with Crippen LogP contribution in [-0.4, -0.2) is 37.6 Å². The predicted octanol–water partition coefficient (Wildman–Crippen LogP) is -0.385. The van der Waals surface area contributed by atoms with Crippen molar-refractivity contribution >= 4 is 10.0 Å². The standard InChI is InChI=1S/C8H16N2O2S/c1-6(3-9)13(11,12)10-4-7-2-8(7)5-10/h6-8H,2-5,9H2,1H3. The maximum atomic E-state index is 11.8. The average Bonchev–Trinajstić information content (AvgIpc) is 2.72. The van der Waals surface area contributed by atoms with E-state index in [-0.39, 0.29) is 6.54 Å². The molecule has 1 aliphatic heterocycles. The fraction of sp³-hybridized carbons (Fsp3) is 1.00. The van der Waals surface area contributed by atoms with Gasteiger partial charge >= 0.3 is 0 Å². The molecule has 1 saturated carbocycles. The normalized spacial score (nSPS) is 35.8. The van der Waals surface area contributed by atoms with Crippen LogP contribution >= 0.6 is 0 Å².